The lowest BCUT2D eigenvalue weighted by Gasteiger charge is -2.29. The largest absolute Gasteiger partial charge is 0.513 e. The lowest BCUT2D eigenvalue weighted by molar-refractivity contribution is -0.154. The monoisotopic (exact) mass is 553 g/mol. The third-order valence-electron chi connectivity index (χ3n) is 5.61. The van der Waals surface area contributed by atoms with Crippen LogP contribution in [0.4, 0.5) is 9.59 Å². The maximum Gasteiger partial charge on any atom is 0.513 e. The first kappa shape index (κ1) is 33.7. The number of methoxy groups -OCH3 is 1. The highest BCUT2D eigenvalue weighted by Crippen LogP contribution is 2.32. The predicted molar refractivity (Wildman–Crippen MR) is 142 cm³/mol. The van der Waals surface area contributed by atoms with Gasteiger partial charge in [-0.2, -0.15) is 0 Å². The van der Waals surface area contributed by atoms with E-state index >= 15 is 0 Å². The van der Waals surface area contributed by atoms with Crippen LogP contribution in [0.25, 0.3) is 0 Å². The summed E-state index contributed by atoms with van der Waals surface area (Å²) in [7, 11) is 1.20. The number of ether oxygens (including phenoxy) is 6. The molecular formula is C28H43NO10. The molecule has 0 radical (unpaired) electrons. The molecule has 39 heavy (non-hydrogen) atoms. The molecule has 1 unspecified atom stereocenters. The minimum Gasteiger partial charge on any atom is -0.468 e. The topological polar surface area (TPSA) is 150 Å². The van der Waals surface area contributed by atoms with Crippen molar-refractivity contribution in [2.24, 2.45) is 17.6 Å². The molecule has 0 spiro atoms. The van der Waals surface area contributed by atoms with Gasteiger partial charge in [0, 0.05) is 19.3 Å². The van der Waals surface area contributed by atoms with Gasteiger partial charge in [-0.3, -0.25) is 9.59 Å². The summed E-state index contributed by atoms with van der Waals surface area (Å²) in [5, 5.41) is 0. The molecule has 1 aromatic rings. The summed E-state index contributed by atoms with van der Waals surface area (Å²) in [6.45, 7) is 11.5. The highest BCUT2D eigenvalue weighted by molar-refractivity contribution is 5.81. The van der Waals surface area contributed by atoms with Gasteiger partial charge >= 0.3 is 24.2 Å². The standard InChI is InChI=1S/C28H43NO10/c1-8-24(30)37-20(6)16-28(29,25(31)34-7)17-21-9-10-22(38-26(32)35-13-11-18(2)3)23(15-21)39-27(33)36-14-12-19(4)5/h9-10,15,18-20H,8,11-14,16-17,29H2,1-7H3/t20?,28-/m1/s1. The summed E-state index contributed by atoms with van der Waals surface area (Å²) in [6.07, 6.45) is -1.25. The van der Waals surface area contributed by atoms with Crippen LogP contribution in [0.5, 0.6) is 11.5 Å². The van der Waals surface area contributed by atoms with E-state index in [0.29, 0.717) is 30.2 Å². The number of esters is 2. The van der Waals surface area contributed by atoms with Gasteiger partial charge in [0.25, 0.3) is 0 Å². The van der Waals surface area contributed by atoms with Crippen molar-refractivity contribution in [1.82, 2.24) is 0 Å². The fraction of sp³-hybridized carbons (Fsp3) is 0.643. The molecule has 11 nitrogen and oxygen atoms in total. The minimum absolute atomic E-state index is 0.0285. The van der Waals surface area contributed by atoms with Crippen molar-refractivity contribution in [2.75, 3.05) is 20.3 Å². The van der Waals surface area contributed by atoms with Crippen LogP contribution < -0.4 is 15.2 Å². The molecule has 0 aliphatic rings. The van der Waals surface area contributed by atoms with E-state index in [1.54, 1.807) is 19.9 Å². The first-order valence-electron chi connectivity index (χ1n) is 13.2. The SMILES string of the molecule is CCC(=O)OC(C)C[C@@](N)(Cc1ccc(OC(=O)OCCC(C)C)c(OC(=O)OCCC(C)C)c1)C(=O)OC. The van der Waals surface area contributed by atoms with Gasteiger partial charge < -0.3 is 34.2 Å². The second-order valence-electron chi connectivity index (χ2n) is 10.2. The van der Waals surface area contributed by atoms with Gasteiger partial charge in [0.05, 0.1) is 20.3 Å². The van der Waals surface area contributed by atoms with Crippen LogP contribution in [0, 0.1) is 11.8 Å². The van der Waals surface area contributed by atoms with E-state index in [1.807, 2.05) is 27.7 Å². The normalized spacial score (nSPS) is 13.3. The third kappa shape index (κ3) is 12.8. The quantitative estimate of drug-likeness (QED) is 0.178. The summed E-state index contributed by atoms with van der Waals surface area (Å²) in [5.41, 5.74) is 5.33. The molecule has 220 valence electrons. The van der Waals surface area contributed by atoms with Crippen LogP contribution in [-0.4, -0.2) is 56.2 Å². The second-order valence-corrected chi connectivity index (χ2v) is 10.2. The Morgan fingerprint density at radius 1 is 0.872 bits per heavy atom. The van der Waals surface area contributed by atoms with Crippen LogP contribution in [0.3, 0.4) is 0 Å². The fourth-order valence-corrected chi connectivity index (χ4v) is 3.48. The van der Waals surface area contributed by atoms with Gasteiger partial charge in [-0.05, 0) is 49.3 Å². The third-order valence-corrected chi connectivity index (χ3v) is 5.61. The first-order chi connectivity index (χ1) is 18.3. The Kier molecular flexibility index (Phi) is 14.3. The van der Waals surface area contributed by atoms with E-state index in [0.717, 1.165) is 0 Å². The summed E-state index contributed by atoms with van der Waals surface area (Å²) in [5.74, 6) is -0.706. The van der Waals surface area contributed by atoms with Crippen LogP contribution >= 0.6 is 0 Å². The first-order valence-corrected chi connectivity index (χ1v) is 13.2. The highest BCUT2D eigenvalue weighted by Gasteiger charge is 2.38. The van der Waals surface area contributed by atoms with E-state index in [-0.39, 0.29) is 44.0 Å². The number of benzene rings is 1. The zero-order valence-corrected chi connectivity index (χ0v) is 24.1. The molecule has 2 N–H and O–H groups in total. The summed E-state index contributed by atoms with van der Waals surface area (Å²) >= 11 is 0. The van der Waals surface area contributed by atoms with Gasteiger partial charge in [0.15, 0.2) is 11.5 Å². The summed E-state index contributed by atoms with van der Waals surface area (Å²) in [4.78, 5) is 48.9. The van der Waals surface area contributed by atoms with Crippen molar-refractivity contribution in [3.8, 4) is 11.5 Å². The summed E-state index contributed by atoms with van der Waals surface area (Å²) < 4.78 is 31.0. The van der Waals surface area contributed by atoms with Gasteiger partial charge in [0.1, 0.15) is 11.6 Å². The molecule has 1 aromatic carbocycles. The molecule has 11 heteroatoms. The van der Waals surface area contributed by atoms with Crippen molar-refractivity contribution in [3.63, 3.8) is 0 Å². The Balaban J connectivity index is 3.19. The summed E-state index contributed by atoms with van der Waals surface area (Å²) in [6, 6.07) is 4.36. The van der Waals surface area contributed by atoms with Crippen molar-refractivity contribution in [3.05, 3.63) is 23.8 Å². The maximum absolute atomic E-state index is 12.6. The van der Waals surface area contributed by atoms with Gasteiger partial charge in [-0.25, -0.2) is 9.59 Å². The molecule has 0 bridgehead atoms. The molecule has 0 aromatic heterocycles. The highest BCUT2D eigenvalue weighted by atomic mass is 16.7. The Hall–Kier alpha value is -3.34. The molecule has 1 rings (SSSR count). The number of hydrogen-bond donors (Lipinski definition) is 1. The van der Waals surface area contributed by atoms with Crippen LogP contribution in [-0.2, 0) is 35.0 Å². The second kappa shape index (κ2) is 16.6. The number of rotatable bonds is 15. The van der Waals surface area contributed by atoms with E-state index in [1.165, 1.54) is 19.2 Å². The fourth-order valence-electron chi connectivity index (χ4n) is 3.48. The zero-order valence-electron chi connectivity index (χ0n) is 24.1. The van der Waals surface area contributed by atoms with Crippen LogP contribution in [0.1, 0.15) is 72.8 Å². The average molecular weight is 554 g/mol. The van der Waals surface area contributed by atoms with Gasteiger partial charge in [-0.1, -0.05) is 40.7 Å². The minimum atomic E-state index is -1.57. The molecule has 0 aliphatic heterocycles. The Morgan fingerprint density at radius 2 is 1.41 bits per heavy atom. The number of carbonyl (C=O) groups excluding carboxylic acids is 4. The molecule has 0 amide bonds. The van der Waals surface area contributed by atoms with Crippen molar-refractivity contribution in [1.29, 1.82) is 0 Å². The number of hydrogen-bond acceptors (Lipinski definition) is 11. The zero-order chi connectivity index (χ0) is 29.6. The molecule has 2 atom stereocenters. The van der Waals surface area contributed by atoms with Crippen molar-refractivity contribution in [2.45, 2.75) is 85.3 Å². The average Bonchev–Trinajstić information content (AvgIpc) is 2.84. The lowest BCUT2D eigenvalue weighted by atomic mass is 9.86. The Labute approximate surface area is 230 Å². The van der Waals surface area contributed by atoms with Crippen molar-refractivity contribution < 1.29 is 47.6 Å². The van der Waals surface area contributed by atoms with Crippen LogP contribution in [0.2, 0.25) is 0 Å². The van der Waals surface area contributed by atoms with Gasteiger partial charge in [-0.15, -0.1) is 0 Å². The smallest absolute Gasteiger partial charge is 0.468 e. The molecule has 0 fully saturated rings. The molecular weight excluding hydrogens is 510 g/mol. The van der Waals surface area contributed by atoms with Gasteiger partial charge in [0.2, 0.25) is 0 Å². The maximum atomic E-state index is 12.6. The van der Waals surface area contributed by atoms with E-state index < -0.39 is 35.9 Å². The van der Waals surface area contributed by atoms with E-state index in [9.17, 15) is 19.2 Å². The molecule has 0 saturated heterocycles. The Bertz CT molecular complexity index is 962. The molecule has 0 saturated carbocycles. The molecule has 0 heterocycles. The number of carbonyl (C=O) groups is 4. The lowest BCUT2D eigenvalue weighted by Crippen LogP contribution is -2.53. The number of nitrogens with two attached hydrogens (primary N) is 1. The van der Waals surface area contributed by atoms with Crippen LogP contribution in [0.15, 0.2) is 18.2 Å². The predicted octanol–water partition coefficient (Wildman–Crippen LogP) is 4.95. The van der Waals surface area contributed by atoms with E-state index in [4.69, 9.17) is 34.2 Å². The molecule has 0 aliphatic carbocycles. The van der Waals surface area contributed by atoms with E-state index in [2.05, 4.69) is 0 Å². The Morgan fingerprint density at radius 3 is 1.90 bits per heavy atom. The van der Waals surface area contributed by atoms with Crippen molar-refractivity contribution >= 4 is 24.2 Å².